The van der Waals surface area contributed by atoms with Crippen molar-refractivity contribution in [2.45, 2.75) is 19.8 Å². The van der Waals surface area contributed by atoms with Crippen molar-refractivity contribution in [1.82, 2.24) is 0 Å². The molecule has 2 aromatic rings. The second kappa shape index (κ2) is 5.10. The summed E-state index contributed by atoms with van der Waals surface area (Å²) in [5.74, 6) is 0.705. The lowest BCUT2D eigenvalue weighted by atomic mass is 9.96. The molecule has 0 fully saturated rings. The molecule has 1 nitrogen and oxygen atoms in total. The molecule has 0 radical (unpaired) electrons. The molecule has 0 unspecified atom stereocenters. The fourth-order valence-corrected chi connectivity index (χ4v) is 2.79. The van der Waals surface area contributed by atoms with Crippen LogP contribution in [-0.4, -0.2) is 0 Å². The van der Waals surface area contributed by atoms with Crippen molar-refractivity contribution in [3.05, 3.63) is 59.2 Å². The van der Waals surface area contributed by atoms with Gasteiger partial charge in [0.15, 0.2) is 5.75 Å². The molecule has 1 aliphatic rings. The van der Waals surface area contributed by atoms with Crippen LogP contribution in [0.5, 0.6) is 5.75 Å². The molecule has 96 valence electrons. The van der Waals surface area contributed by atoms with E-state index in [0.29, 0.717) is 5.75 Å². The predicted octanol–water partition coefficient (Wildman–Crippen LogP) is 5.24. The molecule has 0 aliphatic heterocycles. The van der Waals surface area contributed by atoms with Crippen LogP contribution in [0.3, 0.4) is 0 Å². The van der Waals surface area contributed by atoms with Gasteiger partial charge in [0, 0.05) is 5.56 Å². The van der Waals surface area contributed by atoms with Gasteiger partial charge in [0.2, 0.25) is 0 Å². The van der Waals surface area contributed by atoms with Gasteiger partial charge in [-0.15, -0.1) is 0 Å². The highest BCUT2D eigenvalue weighted by molar-refractivity contribution is 6.09. The van der Waals surface area contributed by atoms with Gasteiger partial charge in [0.05, 0.1) is 0 Å². The first-order valence-corrected chi connectivity index (χ1v) is 6.83. The second-order valence-corrected chi connectivity index (χ2v) is 4.94. The maximum absolute atomic E-state index is 5.57. The van der Waals surface area contributed by atoms with E-state index in [0.717, 1.165) is 18.4 Å². The molecule has 0 atom stereocenters. The van der Waals surface area contributed by atoms with Crippen LogP contribution in [-0.2, 0) is 6.42 Å². The van der Waals surface area contributed by atoms with E-state index in [2.05, 4.69) is 31.2 Å². The van der Waals surface area contributed by atoms with Crippen molar-refractivity contribution in [3.63, 3.8) is 0 Å². The molecule has 19 heavy (non-hydrogen) atoms. The lowest BCUT2D eigenvalue weighted by Gasteiger charge is -2.10. The number of halogens is 1. The Morgan fingerprint density at radius 2 is 1.84 bits per heavy atom. The predicted molar refractivity (Wildman–Crippen MR) is 80.3 cm³/mol. The normalized spacial score (nSPS) is 13.1. The molecule has 0 N–H and O–H groups in total. The number of benzene rings is 2. The Morgan fingerprint density at radius 3 is 2.63 bits per heavy atom. The van der Waals surface area contributed by atoms with Gasteiger partial charge < -0.3 is 4.29 Å². The highest BCUT2D eigenvalue weighted by Crippen LogP contribution is 2.38. The van der Waals surface area contributed by atoms with Crippen LogP contribution in [0, 0.1) is 0 Å². The smallest absolute Gasteiger partial charge is 0.154 e. The van der Waals surface area contributed by atoms with Gasteiger partial charge in [0.25, 0.3) is 0 Å². The van der Waals surface area contributed by atoms with Crippen molar-refractivity contribution >= 4 is 17.9 Å². The third kappa shape index (κ3) is 2.15. The van der Waals surface area contributed by atoms with E-state index in [9.17, 15) is 0 Å². The first-order valence-electron chi connectivity index (χ1n) is 6.52. The Hall–Kier alpha value is -1.73. The lowest BCUT2D eigenvalue weighted by molar-refractivity contribution is 0.621. The van der Waals surface area contributed by atoms with E-state index in [1.165, 1.54) is 22.3 Å². The fraction of sp³-hybridized carbons (Fsp3) is 0.176. The fourth-order valence-electron chi connectivity index (χ4n) is 2.66. The maximum atomic E-state index is 5.57. The molecule has 1 aliphatic carbocycles. The molecule has 0 saturated heterocycles. The Labute approximate surface area is 118 Å². The molecule has 0 heterocycles. The SMILES string of the molecule is CCC1=Cc2c(cccc2-c2ccccc2OCl)C1. The molecule has 3 rings (SSSR count). The summed E-state index contributed by atoms with van der Waals surface area (Å²) >= 11 is 5.57. The van der Waals surface area contributed by atoms with Crippen LogP contribution in [0.2, 0.25) is 0 Å². The van der Waals surface area contributed by atoms with Gasteiger partial charge in [-0.3, -0.25) is 0 Å². The van der Waals surface area contributed by atoms with E-state index >= 15 is 0 Å². The summed E-state index contributed by atoms with van der Waals surface area (Å²) in [4.78, 5) is 0. The third-order valence-electron chi connectivity index (χ3n) is 3.68. The Bertz CT molecular complexity index is 643. The zero-order valence-electron chi connectivity index (χ0n) is 10.8. The molecule has 0 spiro atoms. The van der Waals surface area contributed by atoms with Crippen LogP contribution in [0.1, 0.15) is 24.5 Å². The number of rotatable bonds is 3. The van der Waals surface area contributed by atoms with Crippen molar-refractivity contribution in [2.24, 2.45) is 0 Å². The van der Waals surface area contributed by atoms with E-state index in [1.54, 1.807) is 0 Å². The van der Waals surface area contributed by atoms with Crippen LogP contribution < -0.4 is 4.29 Å². The highest BCUT2D eigenvalue weighted by Gasteiger charge is 2.17. The van der Waals surface area contributed by atoms with Gasteiger partial charge in [-0.25, -0.2) is 0 Å². The average Bonchev–Trinajstić information content (AvgIpc) is 2.90. The molecular weight excluding hydrogens is 256 g/mol. The molecular formula is C17H15ClO. The minimum Gasteiger partial charge on any atom is -0.385 e. The Morgan fingerprint density at radius 1 is 1.05 bits per heavy atom. The summed E-state index contributed by atoms with van der Waals surface area (Å²) in [6.45, 7) is 2.20. The first kappa shape index (κ1) is 12.3. The first-order chi connectivity index (χ1) is 9.33. The summed E-state index contributed by atoms with van der Waals surface area (Å²) in [7, 11) is 0. The zero-order chi connectivity index (χ0) is 13.2. The van der Waals surface area contributed by atoms with Crippen LogP contribution in [0.25, 0.3) is 17.2 Å². The third-order valence-corrected chi connectivity index (χ3v) is 3.84. The maximum Gasteiger partial charge on any atom is 0.154 e. The van der Waals surface area contributed by atoms with Crippen molar-refractivity contribution in [3.8, 4) is 16.9 Å². The number of hydrogen-bond acceptors (Lipinski definition) is 1. The minimum absolute atomic E-state index is 0.705. The summed E-state index contributed by atoms with van der Waals surface area (Å²) in [5, 5.41) is 0. The van der Waals surface area contributed by atoms with Gasteiger partial charge in [0.1, 0.15) is 11.9 Å². The van der Waals surface area contributed by atoms with Crippen molar-refractivity contribution in [1.29, 1.82) is 0 Å². The molecule has 2 heteroatoms. The van der Waals surface area contributed by atoms with Crippen LogP contribution >= 0.6 is 11.9 Å². The Kier molecular flexibility index (Phi) is 3.31. The molecule has 0 amide bonds. The summed E-state index contributed by atoms with van der Waals surface area (Å²) in [6, 6.07) is 14.3. The molecule has 2 aromatic carbocycles. The van der Waals surface area contributed by atoms with Crippen LogP contribution in [0.15, 0.2) is 48.0 Å². The van der Waals surface area contributed by atoms with Gasteiger partial charge in [-0.1, -0.05) is 55.0 Å². The number of para-hydroxylation sites is 1. The molecule has 0 aromatic heterocycles. The topological polar surface area (TPSA) is 9.23 Å². The van der Waals surface area contributed by atoms with E-state index in [1.807, 2.05) is 24.3 Å². The summed E-state index contributed by atoms with van der Waals surface area (Å²) < 4.78 is 4.96. The zero-order valence-corrected chi connectivity index (χ0v) is 11.6. The van der Waals surface area contributed by atoms with Gasteiger partial charge in [-0.05, 0) is 35.6 Å². The molecule has 0 saturated carbocycles. The van der Waals surface area contributed by atoms with Crippen LogP contribution in [0.4, 0.5) is 0 Å². The number of fused-ring (bicyclic) bond motifs is 1. The van der Waals surface area contributed by atoms with E-state index in [-0.39, 0.29) is 0 Å². The standard InChI is InChI=1S/C17H15ClO/c1-2-12-10-13-6-5-8-14(16(13)11-12)15-7-3-4-9-17(15)19-18/h3-9,11H,2,10H2,1H3. The Balaban J connectivity index is 2.17. The van der Waals surface area contributed by atoms with Crippen molar-refractivity contribution in [2.75, 3.05) is 0 Å². The summed E-state index contributed by atoms with van der Waals surface area (Å²) in [6.07, 6.45) is 4.46. The lowest BCUT2D eigenvalue weighted by Crippen LogP contribution is -1.89. The van der Waals surface area contributed by atoms with Crippen molar-refractivity contribution < 1.29 is 4.29 Å². The van der Waals surface area contributed by atoms with E-state index < -0.39 is 0 Å². The second-order valence-electron chi connectivity index (χ2n) is 4.78. The van der Waals surface area contributed by atoms with E-state index in [4.69, 9.17) is 16.2 Å². The monoisotopic (exact) mass is 270 g/mol. The average molecular weight is 271 g/mol. The minimum atomic E-state index is 0.705. The number of allylic oxidation sites excluding steroid dienone is 1. The quantitative estimate of drug-likeness (QED) is 0.741. The number of hydrogen-bond donors (Lipinski definition) is 0. The molecule has 0 bridgehead atoms. The van der Waals surface area contributed by atoms with Gasteiger partial charge >= 0.3 is 0 Å². The largest absolute Gasteiger partial charge is 0.385 e. The summed E-state index contributed by atoms with van der Waals surface area (Å²) in [5.41, 5.74) is 6.41. The highest BCUT2D eigenvalue weighted by atomic mass is 35.5. The van der Waals surface area contributed by atoms with Gasteiger partial charge in [-0.2, -0.15) is 0 Å².